The molecule has 2 aromatic heterocycles. The number of anilines is 1. The summed E-state index contributed by atoms with van der Waals surface area (Å²) in [5.41, 5.74) is 4.07. The van der Waals surface area contributed by atoms with E-state index in [0.29, 0.717) is 5.15 Å². The van der Waals surface area contributed by atoms with E-state index in [-0.39, 0.29) is 0 Å². The fourth-order valence-electron chi connectivity index (χ4n) is 2.57. The van der Waals surface area contributed by atoms with Gasteiger partial charge in [-0.15, -0.1) is 0 Å². The lowest BCUT2D eigenvalue weighted by molar-refractivity contribution is 0.123. The third-order valence-corrected chi connectivity index (χ3v) is 3.70. The van der Waals surface area contributed by atoms with Crippen molar-refractivity contribution in [3.05, 3.63) is 22.6 Å². The standard InChI is InChI=1S/C13H17ClN4O/c1-3-10-9(2)15-13-11(8-12(14)16-18(10)13)17-4-6-19-7-5-17/h8H,3-7H2,1-2H3. The first-order chi connectivity index (χ1) is 9.20. The number of aryl methyl sites for hydroxylation is 2. The van der Waals surface area contributed by atoms with Gasteiger partial charge in [-0.05, 0) is 13.3 Å². The van der Waals surface area contributed by atoms with Crippen LogP contribution in [0.4, 0.5) is 5.69 Å². The summed E-state index contributed by atoms with van der Waals surface area (Å²) in [6.45, 7) is 7.34. The normalized spacial score (nSPS) is 16.3. The highest BCUT2D eigenvalue weighted by molar-refractivity contribution is 6.29. The van der Waals surface area contributed by atoms with Crippen LogP contribution in [0.1, 0.15) is 18.3 Å². The van der Waals surface area contributed by atoms with Gasteiger partial charge in [-0.3, -0.25) is 0 Å². The van der Waals surface area contributed by atoms with E-state index in [1.165, 1.54) is 0 Å². The van der Waals surface area contributed by atoms with Crippen LogP contribution in [0.5, 0.6) is 0 Å². The largest absolute Gasteiger partial charge is 0.378 e. The maximum atomic E-state index is 6.16. The van der Waals surface area contributed by atoms with Gasteiger partial charge in [-0.2, -0.15) is 5.10 Å². The van der Waals surface area contributed by atoms with Gasteiger partial charge < -0.3 is 9.64 Å². The summed E-state index contributed by atoms with van der Waals surface area (Å²) in [6.07, 6.45) is 0.892. The molecular weight excluding hydrogens is 264 g/mol. The van der Waals surface area contributed by atoms with Crippen LogP contribution in [0.3, 0.4) is 0 Å². The van der Waals surface area contributed by atoms with Gasteiger partial charge in [0.15, 0.2) is 10.8 Å². The molecule has 19 heavy (non-hydrogen) atoms. The summed E-state index contributed by atoms with van der Waals surface area (Å²) in [6, 6.07) is 1.90. The molecule has 0 radical (unpaired) electrons. The van der Waals surface area contributed by atoms with Gasteiger partial charge in [0.05, 0.1) is 30.3 Å². The van der Waals surface area contributed by atoms with Crippen LogP contribution in [-0.2, 0) is 11.2 Å². The quantitative estimate of drug-likeness (QED) is 0.845. The first kappa shape index (κ1) is 12.7. The third-order valence-electron chi connectivity index (χ3n) is 3.51. The van der Waals surface area contributed by atoms with E-state index in [0.717, 1.165) is 55.4 Å². The Labute approximate surface area is 117 Å². The van der Waals surface area contributed by atoms with Crippen molar-refractivity contribution in [2.75, 3.05) is 31.2 Å². The average Bonchev–Trinajstić information content (AvgIpc) is 2.74. The summed E-state index contributed by atoms with van der Waals surface area (Å²) < 4.78 is 7.27. The lowest BCUT2D eigenvalue weighted by Crippen LogP contribution is -2.36. The molecule has 0 bridgehead atoms. The molecule has 0 aliphatic carbocycles. The predicted molar refractivity (Wildman–Crippen MR) is 75.1 cm³/mol. The maximum absolute atomic E-state index is 6.16. The number of rotatable bonds is 2. The summed E-state index contributed by atoms with van der Waals surface area (Å²) in [5, 5.41) is 4.89. The highest BCUT2D eigenvalue weighted by Gasteiger charge is 2.19. The number of hydrogen-bond donors (Lipinski definition) is 0. The number of halogens is 1. The maximum Gasteiger partial charge on any atom is 0.177 e. The fourth-order valence-corrected chi connectivity index (χ4v) is 2.75. The van der Waals surface area contributed by atoms with Crippen molar-refractivity contribution >= 4 is 22.9 Å². The van der Waals surface area contributed by atoms with Gasteiger partial charge in [-0.1, -0.05) is 18.5 Å². The number of morpholine rings is 1. The summed E-state index contributed by atoms with van der Waals surface area (Å²) in [5.74, 6) is 0. The van der Waals surface area contributed by atoms with E-state index in [1.54, 1.807) is 0 Å². The molecular formula is C13H17ClN4O. The lowest BCUT2D eigenvalue weighted by Gasteiger charge is -2.28. The molecule has 1 saturated heterocycles. The summed E-state index contributed by atoms with van der Waals surface area (Å²) in [4.78, 5) is 6.92. The molecule has 0 spiro atoms. The van der Waals surface area contributed by atoms with Crippen LogP contribution in [0.25, 0.3) is 5.65 Å². The second kappa shape index (κ2) is 4.98. The Kier molecular flexibility index (Phi) is 3.33. The van der Waals surface area contributed by atoms with E-state index in [4.69, 9.17) is 16.3 Å². The highest BCUT2D eigenvalue weighted by Crippen LogP contribution is 2.26. The minimum absolute atomic E-state index is 0.501. The number of aromatic nitrogens is 3. The van der Waals surface area contributed by atoms with Gasteiger partial charge in [0.1, 0.15) is 0 Å². The van der Waals surface area contributed by atoms with Crippen LogP contribution >= 0.6 is 11.6 Å². The smallest absolute Gasteiger partial charge is 0.177 e. The van der Waals surface area contributed by atoms with E-state index >= 15 is 0 Å². The Bertz CT molecular complexity index is 604. The molecule has 5 nitrogen and oxygen atoms in total. The first-order valence-corrected chi connectivity index (χ1v) is 6.96. The zero-order chi connectivity index (χ0) is 13.4. The number of nitrogens with zero attached hydrogens (tertiary/aromatic N) is 4. The van der Waals surface area contributed by atoms with Crippen molar-refractivity contribution in [2.45, 2.75) is 20.3 Å². The summed E-state index contributed by atoms with van der Waals surface area (Å²) >= 11 is 6.16. The second-order valence-electron chi connectivity index (χ2n) is 4.68. The van der Waals surface area contributed by atoms with E-state index in [2.05, 4.69) is 21.9 Å². The third kappa shape index (κ3) is 2.17. The van der Waals surface area contributed by atoms with Gasteiger partial charge in [0, 0.05) is 19.2 Å². The average molecular weight is 281 g/mol. The van der Waals surface area contributed by atoms with Crippen LogP contribution in [-0.4, -0.2) is 40.9 Å². The van der Waals surface area contributed by atoms with Gasteiger partial charge in [0.25, 0.3) is 0 Å². The van der Waals surface area contributed by atoms with E-state index < -0.39 is 0 Å². The molecule has 0 aromatic carbocycles. The molecule has 2 aromatic rings. The Balaban J connectivity index is 2.17. The van der Waals surface area contributed by atoms with Crippen molar-refractivity contribution in [2.24, 2.45) is 0 Å². The Morgan fingerprint density at radius 2 is 2.11 bits per heavy atom. The zero-order valence-electron chi connectivity index (χ0n) is 11.2. The number of ether oxygens (including phenoxy) is 1. The first-order valence-electron chi connectivity index (χ1n) is 6.58. The molecule has 0 amide bonds. The molecule has 0 atom stereocenters. The van der Waals surface area contributed by atoms with E-state index in [9.17, 15) is 0 Å². The topological polar surface area (TPSA) is 42.7 Å². The van der Waals surface area contributed by atoms with Crippen molar-refractivity contribution in [3.63, 3.8) is 0 Å². The number of imidazole rings is 1. The minimum Gasteiger partial charge on any atom is -0.378 e. The molecule has 0 N–H and O–H groups in total. The summed E-state index contributed by atoms with van der Waals surface area (Å²) in [7, 11) is 0. The molecule has 0 unspecified atom stereocenters. The van der Waals surface area contributed by atoms with E-state index in [1.807, 2.05) is 17.5 Å². The van der Waals surface area contributed by atoms with Crippen LogP contribution < -0.4 is 4.90 Å². The van der Waals surface area contributed by atoms with Crippen molar-refractivity contribution in [1.82, 2.24) is 14.6 Å². The number of fused-ring (bicyclic) bond motifs is 1. The predicted octanol–water partition coefficient (Wildman–Crippen LogP) is 2.09. The van der Waals surface area contributed by atoms with Crippen LogP contribution in [0.15, 0.2) is 6.07 Å². The number of hydrogen-bond acceptors (Lipinski definition) is 4. The molecule has 1 aliphatic heterocycles. The van der Waals surface area contributed by atoms with Crippen LogP contribution in [0, 0.1) is 6.92 Å². The Morgan fingerprint density at radius 1 is 1.37 bits per heavy atom. The van der Waals surface area contributed by atoms with Crippen LogP contribution in [0.2, 0.25) is 5.15 Å². The van der Waals surface area contributed by atoms with Gasteiger partial charge in [-0.25, -0.2) is 9.50 Å². The van der Waals surface area contributed by atoms with Gasteiger partial charge >= 0.3 is 0 Å². The highest BCUT2D eigenvalue weighted by atomic mass is 35.5. The van der Waals surface area contributed by atoms with Crippen molar-refractivity contribution < 1.29 is 4.74 Å². The Morgan fingerprint density at radius 3 is 2.79 bits per heavy atom. The molecule has 6 heteroatoms. The molecule has 0 saturated carbocycles. The fraction of sp³-hybridized carbons (Fsp3) is 0.538. The lowest BCUT2D eigenvalue weighted by atomic mass is 10.3. The second-order valence-corrected chi connectivity index (χ2v) is 5.07. The monoisotopic (exact) mass is 280 g/mol. The van der Waals surface area contributed by atoms with Crippen molar-refractivity contribution in [1.29, 1.82) is 0 Å². The Hall–Kier alpha value is -1.33. The van der Waals surface area contributed by atoms with Gasteiger partial charge in [0.2, 0.25) is 0 Å². The zero-order valence-corrected chi connectivity index (χ0v) is 11.9. The molecule has 1 aliphatic rings. The van der Waals surface area contributed by atoms with Crippen molar-refractivity contribution in [3.8, 4) is 0 Å². The molecule has 102 valence electrons. The molecule has 1 fully saturated rings. The molecule has 3 heterocycles. The minimum atomic E-state index is 0.501. The SMILES string of the molecule is CCc1c(C)nc2c(N3CCOCC3)cc(Cl)nn12. The molecule has 3 rings (SSSR count).